The quantitative estimate of drug-likeness (QED) is 0.720. The van der Waals surface area contributed by atoms with Gasteiger partial charge in [0.25, 0.3) is 0 Å². The molecule has 0 radical (unpaired) electrons. The number of carboxylic acids is 1. The van der Waals surface area contributed by atoms with E-state index in [1.807, 2.05) is 32.9 Å². The van der Waals surface area contributed by atoms with Crippen LogP contribution in [0.25, 0.3) is 0 Å². The van der Waals surface area contributed by atoms with Crippen molar-refractivity contribution in [1.82, 2.24) is 4.72 Å². The van der Waals surface area contributed by atoms with Crippen molar-refractivity contribution in [3.63, 3.8) is 0 Å². The van der Waals surface area contributed by atoms with Crippen molar-refractivity contribution < 1.29 is 27.4 Å². The third kappa shape index (κ3) is 4.59. The lowest BCUT2D eigenvalue weighted by Gasteiger charge is -2.13. The summed E-state index contributed by atoms with van der Waals surface area (Å²) in [6, 6.07) is 6.47. The number of halogens is 1. The fraction of sp³-hybridized carbons (Fsp3) is 0.278. The number of rotatable bonds is 7. The number of nitrogens with one attached hydrogen (secondary N) is 1. The SMILES string of the molecule is Cc1cc(C)c(C)c(OCCNS(=O)(=O)c2cc(C(=O)O)ccc2F)c1. The highest BCUT2D eigenvalue weighted by molar-refractivity contribution is 7.89. The summed E-state index contributed by atoms with van der Waals surface area (Å²) in [5.41, 5.74) is 2.73. The van der Waals surface area contributed by atoms with Gasteiger partial charge in [-0.05, 0) is 61.7 Å². The largest absolute Gasteiger partial charge is 0.492 e. The number of aromatic carboxylic acids is 1. The Labute approximate surface area is 151 Å². The molecule has 0 heterocycles. The summed E-state index contributed by atoms with van der Waals surface area (Å²) in [5, 5.41) is 8.92. The Morgan fingerprint density at radius 2 is 1.88 bits per heavy atom. The third-order valence-corrected chi connectivity index (χ3v) is 5.36. The molecule has 2 rings (SSSR count). The predicted octanol–water partition coefficient (Wildman–Crippen LogP) is 2.81. The van der Waals surface area contributed by atoms with E-state index in [2.05, 4.69) is 4.72 Å². The number of hydrogen-bond donors (Lipinski definition) is 2. The van der Waals surface area contributed by atoms with Crippen molar-refractivity contribution in [3.8, 4) is 5.75 Å². The van der Waals surface area contributed by atoms with Crippen LogP contribution in [-0.4, -0.2) is 32.6 Å². The molecule has 0 amide bonds. The van der Waals surface area contributed by atoms with E-state index >= 15 is 0 Å². The molecule has 0 aliphatic rings. The van der Waals surface area contributed by atoms with Crippen LogP contribution in [0.15, 0.2) is 35.2 Å². The Hall–Kier alpha value is -2.45. The molecule has 2 N–H and O–H groups in total. The Bertz CT molecular complexity index is 941. The van der Waals surface area contributed by atoms with Crippen molar-refractivity contribution in [1.29, 1.82) is 0 Å². The lowest BCUT2D eigenvalue weighted by molar-refractivity contribution is 0.0696. The maximum absolute atomic E-state index is 13.8. The molecule has 0 fully saturated rings. The Morgan fingerprint density at radius 3 is 2.54 bits per heavy atom. The summed E-state index contributed by atoms with van der Waals surface area (Å²) in [6.07, 6.45) is 0. The summed E-state index contributed by atoms with van der Waals surface area (Å²) >= 11 is 0. The maximum atomic E-state index is 13.8. The molecule has 0 atom stereocenters. The summed E-state index contributed by atoms with van der Waals surface area (Å²) in [6.45, 7) is 5.74. The van der Waals surface area contributed by atoms with Gasteiger partial charge in [-0.15, -0.1) is 0 Å². The molecule has 26 heavy (non-hydrogen) atoms. The van der Waals surface area contributed by atoms with Gasteiger partial charge in [0.1, 0.15) is 23.1 Å². The molecule has 0 unspecified atom stereocenters. The van der Waals surface area contributed by atoms with Crippen LogP contribution in [0.1, 0.15) is 27.0 Å². The van der Waals surface area contributed by atoms with Crippen LogP contribution in [0.3, 0.4) is 0 Å². The van der Waals surface area contributed by atoms with E-state index in [9.17, 15) is 17.6 Å². The fourth-order valence-electron chi connectivity index (χ4n) is 2.41. The maximum Gasteiger partial charge on any atom is 0.335 e. The zero-order valence-corrected chi connectivity index (χ0v) is 15.5. The average molecular weight is 381 g/mol. The number of carboxylic acid groups (broad SMARTS) is 1. The standard InChI is InChI=1S/C18H20FNO5S/c1-11-8-12(2)13(3)16(9-11)25-7-6-20-26(23,24)17-10-14(18(21)22)4-5-15(17)19/h4-5,8-10,20H,6-7H2,1-3H3,(H,21,22). The Kier molecular flexibility index (Phi) is 5.99. The highest BCUT2D eigenvalue weighted by Gasteiger charge is 2.20. The predicted molar refractivity (Wildman–Crippen MR) is 94.7 cm³/mol. The topological polar surface area (TPSA) is 92.7 Å². The molecule has 0 saturated carbocycles. The second kappa shape index (κ2) is 7.84. The van der Waals surface area contributed by atoms with Gasteiger partial charge >= 0.3 is 5.97 Å². The Balaban J connectivity index is 2.06. The van der Waals surface area contributed by atoms with E-state index in [4.69, 9.17) is 9.84 Å². The lowest BCUT2D eigenvalue weighted by atomic mass is 10.1. The van der Waals surface area contributed by atoms with Crippen molar-refractivity contribution in [2.75, 3.05) is 13.2 Å². The molecule has 140 valence electrons. The molecular weight excluding hydrogens is 361 g/mol. The normalized spacial score (nSPS) is 11.4. The van der Waals surface area contributed by atoms with Gasteiger partial charge in [-0.2, -0.15) is 0 Å². The lowest BCUT2D eigenvalue weighted by Crippen LogP contribution is -2.29. The van der Waals surface area contributed by atoms with Gasteiger partial charge in [0.2, 0.25) is 10.0 Å². The van der Waals surface area contributed by atoms with Crippen LogP contribution in [0.2, 0.25) is 0 Å². The highest BCUT2D eigenvalue weighted by Crippen LogP contribution is 2.23. The van der Waals surface area contributed by atoms with Gasteiger partial charge in [0, 0.05) is 6.54 Å². The van der Waals surface area contributed by atoms with Crippen LogP contribution < -0.4 is 9.46 Å². The van der Waals surface area contributed by atoms with E-state index in [1.54, 1.807) is 0 Å². The number of carbonyl (C=O) groups is 1. The van der Waals surface area contributed by atoms with E-state index < -0.39 is 26.7 Å². The molecule has 0 aromatic heterocycles. The fourth-order valence-corrected chi connectivity index (χ4v) is 3.52. The van der Waals surface area contributed by atoms with Gasteiger partial charge in [-0.1, -0.05) is 6.07 Å². The Morgan fingerprint density at radius 1 is 1.19 bits per heavy atom. The number of benzene rings is 2. The number of hydrogen-bond acceptors (Lipinski definition) is 4. The zero-order chi connectivity index (χ0) is 19.5. The van der Waals surface area contributed by atoms with Crippen LogP contribution in [0.4, 0.5) is 4.39 Å². The highest BCUT2D eigenvalue weighted by atomic mass is 32.2. The smallest absolute Gasteiger partial charge is 0.335 e. The van der Waals surface area contributed by atoms with Crippen LogP contribution in [0, 0.1) is 26.6 Å². The minimum atomic E-state index is -4.20. The molecule has 8 heteroatoms. The molecule has 0 spiro atoms. The van der Waals surface area contributed by atoms with Gasteiger partial charge in [0.15, 0.2) is 0 Å². The van der Waals surface area contributed by atoms with E-state index in [1.165, 1.54) is 0 Å². The van der Waals surface area contributed by atoms with Gasteiger partial charge in [-0.25, -0.2) is 22.3 Å². The number of ether oxygens (including phenoxy) is 1. The van der Waals surface area contributed by atoms with Crippen LogP contribution in [0.5, 0.6) is 5.75 Å². The van der Waals surface area contributed by atoms with Gasteiger partial charge in [-0.3, -0.25) is 0 Å². The number of aryl methyl sites for hydroxylation is 2. The van der Waals surface area contributed by atoms with Crippen LogP contribution in [-0.2, 0) is 10.0 Å². The molecule has 2 aromatic carbocycles. The minimum absolute atomic E-state index is 0.0448. The second-order valence-corrected chi connectivity index (χ2v) is 7.64. The van der Waals surface area contributed by atoms with E-state index in [-0.39, 0.29) is 18.7 Å². The first-order chi connectivity index (χ1) is 12.1. The first-order valence-electron chi connectivity index (χ1n) is 7.85. The monoisotopic (exact) mass is 381 g/mol. The average Bonchev–Trinajstić information content (AvgIpc) is 2.55. The minimum Gasteiger partial charge on any atom is -0.492 e. The third-order valence-electron chi connectivity index (χ3n) is 3.88. The molecule has 0 bridgehead atoms. The zero-order valence-electron chi connectivity index (χ0n) is 14.7. The second-order valence-electron chi connectivity index (χ2n) is 5.90. The van der Waals surface area contributed by atoms with Gasteiger partial charge in [0.05, 0.1) is 5.56 Å². The van der Waals surface area contributed by atoms with E-state index in [0.717, 1.165) is 34.9 Å². The molecule has 6 nitrogen and oxygen atoms in total. The molecule has 0 aliphatic heterocycles. The summed E-state index contributed by atoms with van der Waals surface area (Å²) in [7, 11) is -4.20. The summed E-state index contributed by atoms with van der Waals surface area (Å²) in [5.74, 6) is -1.70. The van der Waals surface area contributed by atoms with Crippen molar-refractivity contribution in [2.45, 2.75) is 25.7 Å². The summed E-state index contributed by atoms with van der Waals surface area (Å²) in [4.78, 5) is 10.2. The first-order valence-corrected chi connectivity index (χ1v) is 9.33. The van der Waals surface area contributed by atoms with Crippen molar-refractivity contribution in [2.24, 2.45) is 0 Å². The molecule has 0 saturated heterocycles. The first kappa shape index (κ1) is 19.9. The van der Waals surface area contributed by atoms with E-state index in [0.29, 0.717) is 5.75 Å². The molecule has 2 aromatic rings. The van der Waals surface area contributed by atoms with Crippen molar-refractivity contribution >= 4 is 16.0 Å². The summed E-state index contributed by atoms with van der Waals surface area (Å²) < 4.78 is 46.1. The van der Waals surface area contributed by atoms with Crippen LogP contribution >= 0.6 is 0 Å². The van der Waals surface area contributed by atoms with Crippen molar-refractivity contribution in [3.05, 3.63) is 58.4 Å². The number of sulfonamides is 1. The molecule has 0 aliphatic carbocycles. The van der Waals surface area contributed by atoms with Gasteiger partial charge < -0.3 is 9.84 Å². The molecular formula is C18H20FNO5S.